The van der Waals surface area contributed by atoms with Gasteiger partial charge in [-0.3, -0.25) is 0 Å². The lowest BCUT2D eigenvalue weighted by atomic mass is 10.3. The van der Waals surface area contributed by atoms with E-state index in [0.717, 1.165) is 17.0 Å². The van der Waals surface area contributed by atoms with Crippen LogP contribution in [0.25, 0.3) is 16.7 Å². The number of nitrogens with one attached hydrogen (secondary N) is 1. The Morgan fingerprint density at radius 2 is 2.00 bits per heavy atom. The second-order valence-corrected chi connectivity index (χ2v) is 4.53. The molecule has 0 bridgehead atoms. The minimum atomic E-state index is 0.296. The molecule has 108 valence electrons. The molecule has 0 saturated heterocycles. The summed E-state index contributed by atoms with van der Waals surface area (Å²) in [6, 6.07) is 16.9. The molecule has 5 heteroatoms. The van der Waals surface area contributed by atoms with E-state index in [2.05, 4.69) is 16.4 Å². The van der Waals surface area contributed by atoms with Crippen molar-refractivity contribution in [1.29, 1.82) is 5.26 Å². The zero-order chi connectivity index (χ0) is 15.4. The van der Waals surface area contributed by atoms with Crippen molar-refractivity contribution in [1.82, 2.24) is 4.98 Å². The molecule has 1 N–H and O–H groups in total. The Bertz CT molecular complexity index is 824. The zero-order valence-corrected chi connectivity index (χ0v) is 11.9. The Kier molecular flexibility index (Phi) is 3.75. The predicted molar refractivity (Wildman–Crippen MR) is 84.2 cm³/mol. The third kappa shape index (κ3) is 2.76. The zero-order valence-electron chi connectivity index (χ0n) is 11.9. The number of nitriles is 1. The fourth-order valence-electron chi connectivity index (χ4n) is 1.97. The van der Waals surface area contributed by atoms with Crippen molar-refractivity contribution in [3.8, 4) is 11.8 Å². The SMILES string of the molecule is COc1ccc(N/C=C(\C#N)c2nc3ccccc3o2)cc1. The molecular weight excluding hydrogens is 278 g/mol. The average molecular weight is 291 g/mol. The van der Waals surface area contributed by atoms with Gasteiger partial charge in [0.1, 0.15) is 22.9 Å². The number of ether oxygens (including phenoxy) is 1. The van der Waals surface area contributed by atoms with Crippen molar-refractivity contribution < 1.29 is 9.15 Å². The Balaban J connectivity index is 1.84. The summed E-state index contributed by atoms with van der Waals surface area (Å²) in [5, 5.41) is 12.3. The number of para-hydroxylation sites is 2. The molecule has 0 aliphatic carbocycles. The van der Waals surface area contributed by atoms with Crippen LogP contribution in [0.15, 0.2) is 59.1 Å². The van der Waals surface area contributed by atoms with Gasteiger partial charge in [-0.1, -0.05) is 12.1 Å². The van der Waals surface area contributed by atoms with Crippen molar-refractivity contribution in [3.63, 3.8) is 0 Å². The third-order valence-corrected chi connectivity index (χ3v) is 3.12. The highest BCUT2D eigenvalue weighted by atomic mass is 16.5. The van der Waals surface area contributed by atoms with Crippen molar-refractivity contribution in [2.24, 2.45) is 0 Å². The number of benzene rings is 2. The number of nitrogens with zero attached hydrogens (tertiary/aromatic N) is 2. The van der Waals surface area contributed by atoms with Crippen LogP contribution in [-0.4, -0.2) is 12.1 Å². The van der Waals surface area contributed by atoms with Crippen LogP contribution in [0.4, 0.5) is 5.69 Å². The number of hydrogen-bond acceptors (Lipinski definition) is 5. The first-order valence-corrected chi connectivity index (χ1v) is 6.67. The van der Waals surface area contributed by atoms with Gasteiger partial charge >= 0.3 is 0 Å². The number of rotatable bonds is 4. The molecule has 5 nitrogen and oxygen atoms in total. The highest BCUT2D eigenvalue weighted by Gasteiger charge is 2.10. The lowest BCUT2D eigenvalue weighted by Gasteiger charge is -2.03. The van der Waals surface area contributed by atoms with E-state index >= 15 is 0 Å². The Hall–Kier alpha value is -3.26. The van der Waals surface area contributed by atoms with Gasteiger partial charge in [-0.25, -0.2) is 4.98 Å². The predicted octanol–water partition coefficient (Wildman–Crippen LogP) is 3.81. The highest BCUT2D eigenvalue weighted by Crippen LogP contribution is 2.21. The van der Waals surface area contributed by atoms with E-state index in [9.17, 15) is 5.26 Å². The van der Waals surface area contributed by atoms with Gasteiger partial charge in [0.15, 0.2) is 5.58 Å². The van der Waals surface area contributed by atoms with Crippen molar-refractivity contribution in [2.45, 2.75) is 0 Å². The molecule has 3 aromatic rings. The van der Waals surface area contributed by atoms with Crippen molar-refractivity contribution in [3.05, 3.63) is 60.6 Å². The second-order valence-electron chi connectivity index (χ2n) is 4.53. The third-order valence-electron chi connectivity index (χ3n) is 3.12. The molecule has 1 heterocycles. The molecular formula is C17H13N3O2. The first-order valence-electron chi connectivity index (χ1n) is 6.67. The monoisotopic (exact) mass is 291 g/mol. The molecule has 1 aromatic heterocycles. The van der Waals surface area contributed by atoms with Crippen LogP contribution < -0.4 is 10.1 Å². The standard InChI is InChI=1S/C17H13N3O2/c1-21-14-8-6-13(7-9-14)19-11-12(10-18)17-20-15-4-2-3-5-16(15)22-17/h2-9,11,19H,1H3/b12-11+. The summed E-state index contributed by atoms with van der Waals surface area (Å²) in [6.07, 6.45) is 1.58. The van der Waals surface area contributed by atoms with Gasteiger partial charge in [-0.15, -0.1) is 0 Å². The van der Waals surface area contributed by atoms with Gasteiger partial charge in [0.05, 0.1) is 7.11 Å². The van der Waals surface area contributed by atoms with Gasteiger partial charge in [-0.2, -0.15) is 5.26 Å². The second kappa shape index (κ2) is 6.02. The maximum atomic E-state index is 9.29. The minimum Gasteiger partial charge on any atom is -0.497 e. The first kappa shape index (κ1) is 13.7. The number of anilines is 1. The van der Waals surface area contributed by atoms with Gasteiger partial charge in [0, 0.05) is 11.9 Å². The van der Waals surface area contributed by atoms with Gasteiger partial charge in [0.25, 0.3) is 0 Å². The molecule has 0 amide bonds. The van der Waals surface area contributed by atoms with Crippen molar-refractivity contribution in [2.75, 3.05) is 12.4 Å². The molecule has 0 aliphatic heterocycles. The minimum absolute atomic E-state index is 0.296. The molecule has 22 heavy (non-hydrogen) atoms. The van der Waals surface area contributed by atoms with Crippen molar-refractivity contribution >= 4 is 22.4 Å². The van der Waals surface area contributed by atoms with Gasteiger partial charge < -0.3 is 14.5 Å². The van der Waals surface area contributed by atoms with Crippen LogP contribution in [0.5, 0.6) is 5.75 Å². The maximum absolute atomic E-state index is 9.29. The number of aromatic nitrogens is 1. The fourth-order valence-corrected chi connectivity index (χ4v) is 1.97. The van der Waals surface area contributed by atoms with E-state index in [1.807, 2.05) is 48.5 Å². The highest BCUT2D eigenvalue weighted by molar-refractivity contribution is 5.80. The number of methoxy groups -OCH3 is 1. The van der Waals surface area contributed by atoms with Gasteiger partial charge in [0.2, 0.25) is 5.89 Å². The van der Waals surface area contributed by atoms with E-state index in [-0.39, 0.29) is 0 Å². The summed E-state index contributed by atoms with van der Waals surface area (Å²) in [6.45, 7) is 0. The number of oxazole rings is 1. The number of allylic oxidation sites excluding steroid dienone is 1. The topological polar surface area (TPSA) is 71.1 Å². The van der Waals surface area contributed by atoms with Crippen LogP contribution in [0.3, 0.4) is 0 Å². The average Bonchev–Trinajstić information content (AvgIpc) is 3.00. The van der Waals surface area contributed by atoms with Crippen LogP contribution in [0.1, 0.15) is 5.89 Å². The maximum Gasteiger partial charge on any atom is 0.239 e. The largest absolute Gasteiger partial charge is 0.497 e. The van der Waals surface area contributed by atoms with Crippen LogP contribution in [-0.2, 0) is 0 Å². The Morgan fingerprint density at radius 3 is 2.68 bits per heavy atom. The lowest BCUT2D eigenvalue weighted by Crippen LogP contribution is -1.91. The quantitative estimate of drug-likeness (QED) is 0.740. The van der Waals surface area contributed by atoms with E-state index in [4.69, 9.17) is 9.15 Å². The number of fused-ring (bicyclic) bond motifs is 1. The normalized spacial score (nSPS) is 11.2. The molecule has 3 rings (SSSR count). The van der Waals surface area contributed by atoms with Gasteiger partial charge in [-0.05, 0) is 36.4 Å². The summed E-state index contributed by atoms with van der Waals surface area (Å²) in [4.78, 5) is 4.31. The van der Waals surface area contributed by atoms with Crippen LogP contribution in [0.2, 0.25) is 0 Å². The van der Waals surface area contributed by atoms with E-state index in [1.165, 1.54) is 0 Å². The fraction of sp³-hybridized carbons (Fsp3) is 0.0588. The first-order chi connectivity index (χ1) is 10.8. The van der Waals surface area contributed by atoms with E-state index < -0.39 is 0 Å². The molecule has 0 saturated carbocycles. The molecule has 0 fully saturated rings. The van der Waals surface area contributed by atoms with E-state index in [1.54, 1.807) is 13.3 Å². The van der Waals surface area contributed by atoms with E-state index in [0.29, 0.717) is 17.0 Å². The molecule has 2 aromatic carbocycles. The van der Waals surface area contributed by atoms with Crippen LogP contribution in [0, 0.1) is 11.3 Å². The summed E-state index contributed by atoms with van der Waals surface area (Å²) in [5.74, 6) is 1.07. The molecule has 0 aliphatic rings. The summed E-state index contributed by atoms with van der Waals surface area (Å²) in [7, 11) is 1.61. The molecule has 0 radical (unpaired) electrons. The Morgan fingerprint density at radius 1 is 1.23 bits per heavy atom. The molecule has 0 spiro atoms. The summed E-state index contributed by atoms with van der Waals surface area (Å²) >= 11 is 0. The summed E-state index contributed by atoms with van der Waals surface area (Å²) < 4.78 is 10.7. The smallest absolute Gasteiger partial charge is 0.239 e. The van der Waals surface area contributed by atoms with Crippen LogP contribution >= 0.6 is 0 Å². The summed E-state index contributed by atoms with van der Waals surface area (Å²) in [5.41, 5.74) is 2.54. The lowest BCUT2D eigenvalue weighted by molar-refractivity contribution is 0.415. The molecule has 0 unspecified atom stereocenters. The molecule has 0 atom stereocenters. The number of hydrogen-bond donors (Lipinski definition) is 1. The Labute approximate surface area is 127 Å².